The van der Waals surface area contributed by atoms with Crippen LogP contribution in [0.5, 0.6) is 0 Å². The summed E-state index contributed by atoms with van der Waals surface area (Å²) in [5.74, 6) is 0.862. The predicted molar refractivity (Wildman–Crippen MR) is 74.3 cm³/mol. The lowest BCUT2D eigenvalue weighted by molar-refractivity contribution is 0.578. The molecule has 94 valence electrons. The molecule has 0 spiro atoms. The maximum Gasteiger partial charge on any atom is 0.150 e. The van der Waals surface area contributed by atoms with Crippen molar-refractivity contribution in [3.05, 3.63) is 34.9 Å². The van der Waals surface area contributed by atoms with E-state index in [2.05, 4.69) is 41.9 Å². The first-order valence-electron chi connectivity index (χ1n) is 5.81. The zero-order chi connectivity index (χ0) is 12.6. The van der Waals surface area contributed by atoms with Crippen molar-refractivity contribution in [2.24, 2.45) is 5.92 Å². The van der Waals surface area contributed by atoms with Gasteiger partial charge >= 0.3 is 0 Å². The number of benzene rings is 1. The molecule has 0 aromatic heterocycles. The molecule has 0 N–H and O–H groups in total. The van der Waals surface area contributed by atoms with Crippen molar-refractivity contribution >= 4 is 25.8 Å². The van der Waals surface area contributed by atoms with E-state index in [0.29, 0.717) is 11.5 Å². The van der Waals surface area contributed by atoms with Crippen LogP contribution in [0.4, 0.5) is 0 Å². The first kappa shape index (κ1) is 13.1. The van der Waals surface area contributed by atoms with Crippen molar-refractivity contribution in [3.8, 4) is 0 Å². The number of sulfone groups is 1. The summed E-state index contributed by atoms with van der Waals surface area (Å²) in [6, 6.07) is 6.21. The lowest BCUT2D eigenvalue weighted by atomic mass is 9.93. The molecule has 0 radical (unpaired) electrons. The van der Waals surface area contributed by atoms with Gasteiger partial charge in [-0.1, -0.05) is 34.1 Å². The summed E-state index contributed by atoms with van der Waals surface area (Å²) in [6.07, 6.45) is 0.769. The maximum absolute atomic E-state index is 11.5. The molecule has 0 amide bonds. The molecule has 0 saturated carbocycles. The van der Waals surface area contributed by atoms with E-state index < -0.39 is 9.84 Å². The topological polar surface area (TPSA) is 34.1 Å². The number of hydrogen-bond donors (Lipinski definition) is 0. The van der Waals surface area contributed by atoms with Crippen LogP contribution in [-0.4, -0.2) is 19.9 Å². The average Bonchev–Trinajstić information content (AvgIpc) is 2.62. The molecule has 1 aromatic carbocycles. The van der Waals surface area contributed by atoms with Crippen molar-refractivity contribution in [1.29, 1.82) is 0 Å². The second kappa shape index (κ2) is 4.73. The van der Waals surface area contributed by atoms with Gasteiger partial charge in [0.2, 0.25) is 0 Å². The fourth-order valence-electron chi connectivity index (χ4n) is 2.38. The average molecular weight is 317 g/mol. The van der Waals surface area contributed by atoms with E-state index in [9.17, 15) is 8.42 Å². The van der Waals surface area contributed by atoms with Gasteiger partial charge in [-0.15, -0.1) is 0 Å². The Labute approximate surface area is 111 Å². The number of halogens is 1. The molecular weight excluding hydrogens is 300 g/mol. The van der Waals surface area contributed by atoms with Crippen LogP contribution in [0, 0.1) is 19.8 Å². The lowest BCUT2D eigenvalue weighted by Crippen LogP contribution is -2.11. The van der Waals surface area contributed by atoms with Crippen LogP contribution in [0.2, 0.25) is 0 Å². The Kier molecular flexibility index (Phi) is 3.64. The molecule has 0 aliphatic carbocycles. The van der Waals surface area contributed by atoms with Crippen LogP contribution in [0.1, 0.15) is 27.9 Å². The molecule has 4 heteroatoms. The molecule has 1 aromatic rings. The van der Waals surface area contributed by atoms with Crippen LogP contribution >= 0.6 is 15.9 Å². The molecule has 2 unspecified atom stereocenters. The van der Waals surface area contributed by atoms with Crippen molar-refractivity contribution < 1.29 is 8.42 Å². The van der Waals surface area contributed by atoms with Crippen molar-refractivity contribution in [1.82, 2.24) is 0 Å². The van der Waals surface area contributed by atoms with Gasteiger partial charge in [0.1, 0.15) is 0 Å². The largest absolute Gasteiger partial charge is 0.229 e. The van der Waals surface area contributed by atoms with E-state index in [0.717, 1.165) is 6.42 Å². The molecule has 1 aliphatic rings. The molecule has 2 rings (SSSR count). The maximum atomic E-state index is 11.5. The zero-order valence-electron chi connectivity index (χ0n) is 10.1. The van der Waals surface area contributed by atoms with Crippen molar-refractivity contribution in [2.75, 3.05) is 11.5 Å². The molecule has 0 bridgehead atoms. The van der Waals surface area contributed by atoms with Gasteiger partial charge in [0.15, 0.2) is 9.84 Å². The van der Waals surface area contributed by atoms with Crippen molar-refractivity contribution in [2.45, 2.75) is 25.1 Å². The molecule has 2 nitrogen and oxygen atoms in total. The molecule has 17 heavy (non-hydrogen) atoms. The Bertz CT molecular complexity index is 522. The summed E-state index contributed by atoms with van der Waals surface area (Å²) >= 11 is 3.68. The molecule has 1 saturated heterocycles. The highest BCUT2D eigenvalue weighted by Gasteiger charge is 2.33. The summed E-state index contributed by atoms with van der Waals surface area (Å²) in [7, 11) is -2.80. The molecule has 1 fully saturated rings. The fraction of sp³-hybridized carbons (Fsp3) is 0.538. The van der Waals surface area contributed by atoms with Crippen LogP contribution in [-0.2, 0) is 9.84 Å². The number of alkyl halides is 1. The summed E-state index contributed by atoms with van der Waals surface area (Å²) in [6.45, 7) is 4.19. The highest BCUT2D eigenvalue weighted by Crippen LogP contribution is 2.39. The Hall–Kier alpha value is -0.350. The first-order chi connectivity index (χ1) is 7.91. The van der Waals surface area contributed by atoms with Gasteiger partial charge in [-0.3, -0.25) is 0 Å². The van der Waals surface area contributed by atoms with Crippen molar-refractivity contribution in [3.63, 3.8) is 0 Å². The summed E-state index contributed by atoms with van der Waals surface area (Å²) in [4.78, 5) is 0.152. The Morgan fingerprint density at radius 1 is 1.35 bits per heavy atom. The highest BCUT2D eigenvalue weighted by molar-refractivity contribution is 9.09. The van der Waals surface area contributed by atoms with Gasteiger partial charge < -0.3 is 0 Å². The number of aryl methyl sites for hydroxylation is 1. The van der Waals surface area contributed by atoms with E-state index in [-0.39, 0.29) is 10.7 Å². The zero-order valence-corrected chi connectivity index (χ0v) is 12.5. The van der Waals surface area contributed by atoms with Gasteiger partial charge in [-0.2, -0.15) is 0 Å². The van der Waals surface area contributed by atoms with Crippen LogP contribution in [0.15, 0.2) is 18.2 Å². The Morgan fingerprint density at radius 2 is 2.06 bits per heavy atom. The van der Waals surface area contributed by atoms with Crippen LogP contribution < -0.4 is 0 Å². The van der Waals surface area contributed by atoms with E-state index in [1.54, 1.807) is 0 Å². The Balaban J connectivity index is 2.26. The number of hydrogen-bond acceptors (Lipinski definition) is 2. The molecule has 1 heterocycles. The minimum absolute atomic E-state index is 0.152. The van der Waals surface area contributed by atoms with Gasteiger partial charge in [0, 0.05) is 4.83 Å². The third-order valence-corrected chi connectivity index (χ3v) is 6.66. The van der Waals surface area contributed by atoms with Gasteiger partial charge in [-0.25, -0.2) is 8.42 Å². The summed E-state index contributed by atoms with van der Waals surface area (Å²) < 4.78 is 23.0. The third-order valence-electron chi connectivity index (χ3n) is 3.63. The SMILES string of the molecule is Cc1cccc(C(Br)C2CCS(=O)(=O)C2)c1C. The minimum Gasteiger partial charge on any atom is -0.229 e. The highest BCUT2D eigenvalue weighted by atomic mass is 79.9. The second-order valence-corrected chi connectivity index (χ2v) is 8.07. The smallest absolute Gasteiger partial charge is 0.150 e. The van der Waals surface area contributed by atoms with E-state index in [4.69, 9.17) is 0 Å². The predicted octanol–water partition coefficient (Wildman–Crippen LogP) is 3.17. The monoisotopic (exact) mass is 316 g/mol. The third kappa shape index (κ3) is 2.74. The normalized spacial score (nSPS) is 24.8. The van der Waals surface area contributed by atoms with Crippen LogP contribution in [0.25, 0.3) is 0 Å². The van der Waals surface area contributed by atoms with Crippen LogP contribution in [0.3, 0.4) is 0 Å². The molecular formula is C13H17BrO2S. The van der Waals surface area contributed by atoms with E-state index in [1.165, 1.54) is 16.7 Å². The first-order valence-corrected chi connectivity index (χ1v) is 8.55. The summed E-state index contributed by atoms with van der Waals surface area (Å²) in [5.41, 5.74) is 3.75. The molecule has 1 aliphatic heterocycles. The summed E-state index contributed by atoms with van der Waals surface area (Å²) in [5, 5.41) is 0. The van der Waals surface area contributed by atoms with Gasteiger partial charge in [0.05, 0.1) is 11.5 Å². The fourth-order valence-corrected chi connectivity index (χ4v) is 5.42. The quantitative estimate of drug-likeness (QED) is 0.785. The lowest BCUT2D eigenvalue weighted by Gasteiger charge is -2.19. The van der Waals surface area contributed by atoms with Gasteiger partial charge in [-0.05, 0) is 42.9 Å². The Morgan fingerprint density at radius 3 is 2.65 bits per heavy atom. The van der Waals surface area contributed by atoms with Gasteiger partial charge in [0.25, 0.3) is 0 Å². The number of rotatable bonds is 2. The standard InChI is InChI=1S/C13H17BrO2S/c1-9-4-3-5-12(10(9)2)13(14)11-6-7-17(15,16)8-11/h3-5,11,13H,6-8H2,1-2H3. The molecule has 2 atom stereocenters. The van der Waals surface area contributed by atoms with E-state index in [1.807, 2.05) is 6.07 Å². The van der Waals surface area contributed by atoms with E-state index >= 15 is 0 Å². The minimum atomic E-state index is -2.80. The second-order valence-electron chi connectivity index (χ2n) is 4.85.